The Balaban J connectivity index is 1.36. The van der Waals surface area contributed by atoms with Gasteiger partial charge in [0.25, 0.3) is 5.91 Å². The molecule has 7 rings (SSSR count). The zero-order chi connectivity index (χ0) is 26.5. The first kappa shape index (κ1) is 23.0. The van der Waals surface area contributed by atoms with Crippen LogP contribution in [0.3, 0.4) is 0 Å². The van der Waals surface area contributed by atoms with E-state index in [-0.39, 0.29) is 35.6 Å². The van der Waals surface area contributed by atoms with Gasteiger partial charge in [0.05, 0.1) is 17.0 Å². The first-order valence-electron chi connectivity index (χ1n) is 12.3. The Hall–Kier alpha value is -5.11. The predicted molar refractivity (Wildman–Crippen MR) is 140 cm³/mol. The monoisotopic (exact) mass is 521 g/mol. The number of carbonyl (C=O) groups excluding carboxylic acids is 1. The minimum atomic E-state index is -0.791. The largest absolute Gasteiger partial charge is 0.457 e. The van der Waals surface area contributed by atoms with Gasteiger partial charge in [0.15, 0.2) is 16.9 Å². The lowest BCUT2D eigenvalue weighted by molar-refractivity contribution is 0.0714. The summed E-state index contributed by atoms with van der Waals surface area (Å²) in [5.74, 6) is 1.34. The van der Waals surface area contributed by atoms with Gasteiger partial charge in [-0.15, -0.1) is 0 Å². The van der Waals surface area contributed by atoms with E-state index in [2.05, 4.69) is 0 Å². The lowest BCUT2D eigenvalue weighted by Crippen LogP contribution is -2.29. The first-order chi connectivity index (χ1) is 19.0. The Bertz CT molecular complexity index is 1820. The maximum absolute atomic E-state index is 14.1. The Morgan fingerprint density at radius 2 is 1.67 bits per heavy atom. The molecule has 1 unspecified atom stereocenters. The van der Waals surface area contributed by atoms with Crippen LogP contribution in [0.15, 0.2) is 100 Å². The van der Waals surface area contributed by atoms with Gasteiger partial charge in [-0.3, -0.25) is 9.59 Å². The van der Waals surface area contributed by atoms with Crippen LogP contribution in [0.5, 0.6) is 23.0 Å². The third kappa shape index (κ3) is 3.97. The summed E-state index contributed by atoms with van der Waals surface area (Å²) < 4.78 is 37.0. The number of ether oxygens (including phenoxy) is 3. The van der Waals surface area contributed by atoms with E-state index in [4.69, 9.17) is 18.6 Å². The number of hydrogen-bond donors (Lipinski definition) is 0. The minimum Gasteiger partial charge on any atom is -0.457 e. The molecule has 5 aromatic rings. The van der Waals surface area contributed by atoms with Gasteiger partial charge >= 0.3 is 0 Å². The van der Waals surface area contributed by atoms with Crippen molar-refractivity contribution in [3.05, 3.63) is 129 Å². The molecule has 0 radical (unpaired) electrons. The fourth-order valence-corrected chi connectivity index (χ4v) is 5.11. The fourth-order valence-electron chi connectivity index (χ4n) is 5.11. The summed E-state index contributed by atoms with van der Waals surface area (Å²) in [7, 11) is 0. The molecule has 0 aliphatic carbocycles. The lowest BCUT2D eigenvalue weighted by atomic mass is 9.98. The maximum atomic E-state index is 14.1. The zero-order valence-electron chi connectivity index (χ0n) is 20.4. The Kier molecular flexibility index (Phi) is 5.33. The van der Waals surface area contributed by atoms with Gasteiger partial charge in [-0.1, -0.05) is 36.4 Å². The molecule has 39 heavy (non-hydrogen) atoms. The van der Waals surface area contributed by atoms with Gasteiger partial charge in [0.2, 0.25) is 12.6 Å². The second-order valence-corrected chi connectivity index (χ2v) is 9.33. The van der Waals surface area contributed by atoms with Gasteiger partial charge in [0.1, 0.15) is 22.9 Å². The number of fused-ring (bicyclic) bond motifs is 3. The zero-order valence-corrected chi connectivity index (χ0v) is 20.4. The number of hydrogen-bond acceptors (Lipinski definition) is 6. The summed E-state index contributed by atoms with van der Waals surface area (Å²) in [6, 6.07) is 24.9. The van der Waals surface area contributed by atoms with Crippen LogP contribution in [0.2, 0.25) is 0 Å². The number of benzene rings is 4. The average molecular weight is 522 g/mol. The molecular formula is C31H20FNO6. The highest BCUT2D eigenvalue weighted by atomic mass is 19.1. The van der Waals surface area contributed by atoms with E-state index >= 15 is 0 Å². The summed E-state index contributed by atoms with van der Waals surface area (Å²) in [6.45, 7) is 0.295. The highest BCUT2D eigenvalue weighted by Crippen LogP contribution is 2.41. The van der Waals surface area contributed by atoms with Crippen molar-refractivity contribution >= 4 is 16.9 Å². The molecule has 8 heteroatoms. The topological polar surface area (TPSA) is 78.2 Å². The number of carbonyl (C=O) groups is 1. The van der Waals surface area contributed by atoms with Crippen molar-refractivity contribution in [3.63, 3.8) is 0 Å². The van der Waals surface area contributed by atoms with E-state index < -0.39 is 23.2 Å². The van der Waals surface area contributed by atoms with Crippen LogP contribution < -0.4 is 19.6 Å². The standard InChI is InChI=1S/C31H20FNO6/c32-20-10-12-24-23(15-20)29(34)27-28(19-5-4-8-22(14-19)38-21-6-2-1-3-7-21)33(31(35)30(27)39-24)16-18-9-11-25-26(13-18)37-17-36-25/h1-15,28H,16-17H2. The molecule has 2 aliphatic rings. The smallest absolute Gasteiger partial charge is 0.291 e. The summed E-state index contributed by atoms with van der Waals surface area (Å²) in [4.78, 5) is 29.1. The minimum absolute atomic E-state index is 0.0563. The molecule has 0 saturated heterocycles. The first-order valence-corrected chi connectivity index (χ1v) is 12.3. The molecule has 0 N–H and O–H groups in total. The average Bonchev–Trinajstić information content (AvgIpc) is 3.52. The van der Waals surface area contributed by atoms with Crippen molar-refractivity contribution < 1.29 is 27.8 Å². The number of para-hydroxylation sites is 1. The molecule has 192 valence electrons. The summed E-state index contributed by atoms with van der Waals surface area (Å²) in [5, 5.41) is 0.0770. The van der Waals surface area contributed by atoms with E-state index in [1.807, 2.05) is 48.5 Å². The summed E-state index contributed by atoms with van der Waals surface area (Å²) in [6.07, 6.45) is 0. The van der Waals surface area contributed by atoms with Crippen molar-refractivity contribution in [1.82, 2.24) is 4.90 Å². The Morgan fingerprint density at radius 3 is 2.54 bits per heavy atom. The molecule has 1 aromatic heterocycles. The number of halogens is 1. The second kappa shape index (κ2) is 9.02. The fraction of sp³-hybridized carbons (Fsp3) is 0.0968. The van der Waals surface area contributed by atoms with E-state index in [0.29, 0.717) is 28.6 Å². The van der Waals surface area contributed by atoms with Crippen LogP contribution >= 0.6 is 0 Å². The quantitative estimate of drug-likeness (QED) is 0.274. The van der Waals surface area contributed by atoms with Crippen molar-refractivity contribution in [1.29, 1.82) is 0 Å². The molecule has 2 aliphatic heterocycles. The Labute approximate surface area is 221 Å². The SMILES string of the molecule is O=C1c2oc3ccc(F)cc3c(=O)c2C(c2cccc(Oc3ccccc3)c2)N1Cc1ccc2c(c1)OCO2. The van der Waals surface area contributed by atoms with Crippen molar-refractivity contribution in [2.75, 3.05) is 6.79 Å². The molecule has 1 amide bonds. The van der Waals surface area contributed by atoms with Gasteiger partial charge in [-0.25, -0.2) is 4.39 Å². The molecule has 1 atom stereocenters. The summed E-state index contributed by atoms with van der Waals surface area (Å²) >= 11 is 0. The third-order valence-electron chi connectivity index (χ3n) is 6.87. The maximum Gasteiger partial charge on any atom is 0.291 e. The third-order valence-corrected chi connectivity index (χ3v) is 6.87. The molecule has 0 bridgehead atoms. The van der Waals surface area contributed by atoms with E-state index in [0.717, 1.165) is 11.6 Å². The van der Waals surface area contributed by atoms with Gasteiger partial charge in [-0.05, 0) is 65.7 Å². The molecule has 0 saturated carbocycles. The van der Waals surface area contributed by atoms with E-state index in [1.165, 1.54) is 12.1 Å². The summed E-state index contributed by atoms with van der Waals surface area (Å²) in [5.41, 5.74) is 1.30. The van der Waals surface area contributed by atoms with Crippen molar-refractivity contribution in [2.24, 2.45) is 0 Å². The highest BCUT2D eigenvalue weighted by Gasteiger charge is 2.43. The molecule has 3 heterocycles. The van der Waals surface area contributed by atoms with Gasteiger partial charge < -0.3 is 23.5 Å². The van der Waals surface area contributed by atoms with E-state index in [9.17, 15) is 14.0 Å². The molecular weight excluding hydrogens is 501 g/mol. The lowest BCUT2D eigenvalue weighted by Gasteiger charge is -2.25. The molecule has 0 spiro atoms. The van der Waals surface area contributed by atoms with Crippen molar-refractivity contribution in [2.45, 2.75) is 12.6 Å². The number of rotatable bonds is 5. The number of nitrogens with zero attached hydrogens (tertiary/aromatic N) is 1. The van der Waals surface area contributed by atoms with Gasteiger partial charge in [0, 0.05) is 6.54 Å². The van der Waals surface area contributed by atoms with E-state index in [1.54, 1.807) is 29.2 Å². The highest BCUT2D eigenvalue weighted by molar-refractivity contribution is 5.99. The van der Waals surface area contributed by atoms with Crippen LogP contribution in [-0.4, -0.2) is 17.6 Å². The Morgan fingerprint density at radius 1 is 0.846 bits per heavy atom. The number of amides is 1. The predicted octanol–water partition coefficient (Wildman–Crippen LogP) is 6.20. The van der Waals surface area contributed by atoms with Crippen LogP contribution in [0.25, 0.3) is 11.0 Å². The van der Waals surface area contributed by atoms with Gasteiger partial charge in [-0.2, -0.15) is 0 Å². The van der Waals surface area contributed by atoms with Crippen LogP contribution in [0, 0.1) is 5.82 Å². The molecule has 4 aromatic carbocycles. The second-order valence-electron chi connectivity index (χ2n) is 9.33. The molecule has 7 nitrogen and oxygen atoms in total. The normalized spacial score (nSPS) is 15.6. The molecule has 0 fully saturated rings. The van der Waals surface area contributed by atoms with Crippen molar-refractivity contribution in [3.8, 4) is 23.0 Å². The van der Waals surface area contributed by atoms with Crippen LogP contribution in [0.4, 0.5) is 4.39 Å². The van der Waals surface area contributed by atoms with Crippen LogP contribution in [0.1, 0.15) is 33.3 Å². The van der Waals surface area contributed by atoms with Crippen LogP contribution in [-0.2, 0) is 6.54 Å².